The second kappa shape index (κ2) is 8.70. The van der Waals surface area contributed by atoms with Gasteiger partial charge in [0, 0.05) is 11.8 Å². The van der Waals surface area contributed by atoms with Crippen LogP contribution in [0.1, 0.15) is 45.3 Å². The van der Waals surface area contributed by atoms with E-state index in [4.69, 9.17) is 14.5 Å². The Labute approximate surface area is 197 Å². The number of rotatable bonds is 5. The lowest BCUT2D eigenvalue weighted by molar-refractivity contribution is 0.0962. The van der Waals surface area contributed by atoms with Crippen LogP contribution in [0.3, 0.4) is 0 Å². The molecular formula is C26H25N5O3. The van der Waals surface area contributed by atoms with Crippen molar-refractivity contribution in [3.8, 4) is 11.5 Å². The van der Waals surface area contributed by atoms with Gasteiger partial charge in [-0.2, -0.15) is 0 Å². The van der Waals surface area contributed by atoms with Crippen molar-refractivity contribution in [2.75, 3.05) is 19.5 Å². The van der Waals surface area contributed by atoms with E-state index in [2.05, 4.69) is 20.3 Å². The highest BCUT2D eigenvalue weighted by Gasteiger charge is 2.30. The fourth-order valence-corrected chi connectivity index (χ4v) is 4.56. The minimum atomic E-state index is -0.0129. The topological polar surface area (TPSA) is 99.1 Å². The highest BCUT2D eigenvalue weighted by Crippen LogP contribution is 2.37. The van der Waals surface area contributed by atoms with Crippen LogP contribution in [0.25, 0.3) is 10.9 Å². The SMILES string of the molecule is COc1ccc(C2CC(=O)c3c(C)nc(Nc4nc(C)c5ccccc5n4)nc3C2)cc1OC. The Morgan fingerprint density at radius 3 is 2.38 bits per heavy atom. The van der Waals surface area contributed by atoms with E-state index in [1.165, 1.54) is 0 Å². The number of Topliss-reactive ketones (excluding diaryl/α,β-unsaturated/α-hetero) is 1. The van der Waals surface area contributed by atoms with Gasteiger partial charge in [-0.1, -0.05) is 24.3 Å². The number of nitrogens with zero attached hydrogens (tertiary/aromatic N) is 4. The summed E-state index contributed by atoms with van der Waals surface area (Å²) < 4.78 is 10.8. The molecule has 1 unspecified atom stereocenters. The zero-order valence-electron chi connectivity index (χ0n) is 19.5. The highest BCUT2D eigenvalue weighted by atomic mass is 16.5. The van der Waals surface area contributed by atoms with Crippen LogP contribution in [0.15, 0.2) is 42.5 Å². The molecule has 4 aromatic rings. The quantitative estimate of drug-likeness (QED) is 0.462. The van der Waals surface area contributed by atoms with Gasteiger partial charge in [-0.15, -0.1) is 0 Å². The normalized spacial score (nSPS) is 15.2. The van der Waals surface area contributed by atoms with Crippen molar-refractivity contribution in [3.63, 3.8) is 0 Å². The molecule has 8 nitrogen and oxygen atoms in total. The van der Waals surface area contributed by atoms with Crippen molar-refractivity contribution in [2.24, 2.45) is 0 Å². The van der Waals surface area contributed by atoms with E-state index in [9.17, 15) is 4.79 Å². The number of fused-ring (bicyclic) bond motifs is 2. The van der Waals surface area contributed by atoms with Gasteiger partial charge in [0.05, 0.1) is 42.4 Å². The van der Waals surface area contributed by atoms with E-state index < -0.39 is 0 Å². The number of anilines is 2. The third-order valence-corrected chi connectivity index (χ3v) is 6.21. The number of nitrogens with one attached hydrogen (secondary N) is 1. The third-order valence-electron chi connectivity index (χ3n) is 6.21. The number of ketones is 1. The Hall–Kier alpha value is -4.07. The van der Waals surface area contributed by atoms with Crippen LogP contribution in [0.5, 0.6) is 11.5 Å². The lowest BCUT2D eigenvalue weighted by Gasteiger charge is -2.25. The molecule has 8 heteroatoms. The Bertz CT molecular complexity index is 1420. The molecule has 0 radical (unpaired) electrons. The maximum absolute atomic E-state index is 13.0. The molecule has 2 heterocycles. The van der Waals surface area contributed by atoms with Crippen molar-refractivity contribution < 1.29 is 14.3 Å². The number of carbonyl (C=O) groups is 1. The average molecular weight is 456 g/mol. The standard InChI is InChI=1S/C26H25N5O3/c1-14-18-7-5-6-8-19(18)29-25(27-14)31-26-28-15(2)24-20(30-26)11-17(12-21(24)32)16-9-10-22(33-3)23(13-16)34-4/h5-10,13,17H,11-12H2,1-4H3,(H,27,28,29,30,31). The number of carbonyl (C=O) groups excluding carboxylic acids is 1. The number of para-hydroxylation sites is 1. The Morgan fingerprint density at radius 1 is 0.853 bits per heavy atom. The number of benzene rings is 2. The summed E-state index contributed by atoms with van der Waals surface area (Å²) in [7, 11) is 3.21. The van der Waals surface area contributed by atoms with Crippen LogP contribution in [-0.2, 0) is 6.42 Å². The molecule has 172 valence electrons. The van der Waals surface area contributed by atoms with E-state index in [-0.39, 0.29) is 11.7 Å². The van der Waals surface area contributed by atoms with E-state index in [1.807, 2.05) is 56.3 Å². The molecule has 1 aliphatic carbocycles. The Kier molecular flexibility index (Phi) is 5.57. The predicted octanol–water partition coefficient (Wildman–Crippen LogP) is 4.71. The first kappa shape index (κ1) is 21.8. The molecule has 0 bridgehead atoms. The molecule has 0 saturated heterocycles. The summed E-state index contributed by atoms with van der Waals surface area (Å²) in [6, 6.07) is 13.6. The van der Waals surface area contributed by atoms with Gasteiger partial charge in [0.15, 0.2) is 17.3 Å². The summed E-state index contributed by atoms with van der Waals surface area (Å²) >= 11 is 0. The number of hydrogen-bond acceptors (Lipinski definition) is 8. The molecule has 34 heavy (non-hydrogen) atoms. The van der Waals surface area contributed by atoms with E-state index in [0.717, 1.165) is 27.9 Å². The predicted molar refractivity (Wildman–Crippen MR) is 129 cm³/mol. The van der Waals surface area contributed by atoms with Gasteiger partial charge in [0.2, 0.25) is 11.9 Å². The van der Waals surface area contributed by atoms with Gasteiger partial charge in [-0.05, 0) is 49.9 Å². The van der Waals surface area contributed by atoms with Gasteiger partial charge in [-0.3, -0.25) is 10.1 Å². The van der Waals surface area contributed by atoms with Gasteiger partial charge in [0.25, 0.3) is 0 Å². The second-order valence-electron chi connectivity index (χ2n) is 8.37. The summed E-state index contributed by atoms with van der Waals surface area (Å²) in [5.74, 6) is 2.14. The largest absolute Gasteiger partial charge is 0.493 e. The van der Waals surface area contributed by atoms with Crippen molar-refractivity contribution in [1.29, 1.82) is 0 Å². The Morgan fingerprint density at radius 2 is 1.59 bits per heavy atom. The summed E-state index contributed by atoms with van der Waals surface area (Å²) in [6.45, 7) is 3.79. The van der Waals surface area contributed by atoms with E-state index in [1.54, 1.807) is 14.2 Å². The molecule has 1 aliphatic rings. The molecule has 0 amide bonds. The molecule has 0 fully saturated rings. The molecule has 2 aromatic carbocycles. The average Bonchev–Trinajstić information content (AvgIpc) is 2.83. The first-order chi connectivity index (χ1) is 16.5. The van der Waals surface area contributed by atoms with Crippen LogP contribution in [0, 0.1) is 13.8 Å². The molecule has 2 aromatic heterocycles. The third kappa shape index (κ3) is 3.91. The Balaban J connectivity index is 1.47. The fraction of sp³-hybridized carbons (Fsp3) is 0.269. The monoisotopic (exact) mass is 455 g/mol. The van der Waals surface area contributed by atoms with Gasteiger partial charge in [0.1, 0.15) is 0 Å². The van der Waals surface area contributed by atoms with E-state index >= 15 is 0 Å². The second-order valence-corrected chi connectivity index (χ2v) is 8.37. The maximum atomic E-state index is 13.0. The molecule has 1 N–H and O–H groups in total. The number of aromatic nitrogens is 4. The minimum Gasteiger partial charge on any atom is -0.493 e. The van der Waals surface area contributed by atoms with Crippen molar-refractivity contribution >= 4 is 28.6 Å². The van der Waals surface area contributed by atoms with Gasteiger partial charge >= 0.3 is 0 Å². The fourth-order valence-electron chi connectivity index (χ4n) is 4.56. The molecule has 0 spiro atoms. The molecule has 5 rings (SSSR count). The van der Waals surface area contributed by atoms with Crippen molar-refractivity contribution in [3.05, 3.63) is 70.7 Å². The summed E-state index contributed by atoms with van der Waals surface area (Å²) in [4.78, 5) is 31.4. The molecule has 0 saturated carbocycles. The van der Waals surface area contributed by atoms with Crippen LogP contribution in [0.4, 0.5) is 11.9 Å². The first-order valence-electron chi connectivity index (χ1n) is 11.1. The molecular weight excluding hydrogens is 430 g/mol. The number of ether oxygens (including phenoxy) is 2. The van der Waals surface area contributed by atoms with Gasteiger partial charge < -0.3 is 9.47 Å². The summed E-state index contributed by atoms with van der Waals surface area (Å²) in [5.41, 5.74) is 4.71. The maximum Gasteiger partial charge on any atom is 0.230 e. The van der Waals surface area contributed by atoms with Crippen LogP contribution in [0.2, 0.25) is 0 Å². The molecule has 1 atom stereocenters. The summed E-state index contributed by atoms with van der Waals surface area (Å²) in [5, 5.41) is 4.14. The van der Waals surface area contributed by atoms with Crippen molar-refractivity contribution in [1.82, 2.24) is 19.9 Å². The zero-order chi connectivity index (χ0) is 23.8. The van der Waals surface area contributed by atoms with Crippen molar-refractivity contribution in [2.45, 2.75) is 32.6 Å². The van der Waals surface area contributed by atoms with Gasteiger partial charge in [-0.25, -0.2) is 19.9 Å². The highest BCUT2D eigenvalue weighted by molar-refractivity contribution is 5.99. The first-order valence-corrected chi connectivity index (χ1v) is 11.1. The number of hydrogen-bond donors (Lipinski definition) is 1. The van der Waals surface area contributed by atoms with E-state index in [0.29, 0.717) is 47.5 Å². The smallest absolute Gasteiger partial charge is 0.230 e. The van der Waals surface area contributed by atoms with Crippen LogP contribution < -0.4 is 14.8 Å². The zero-order valence-corrected chi connectivity index (χ0v) is 19.5. The molecule has 0 aliphatic heterocycles. The number of aryl methyl sites for hydroxylation is 2. The summed E-state index contributed by atoms with van der Waals surface area (Å²) in [6.07, 6.45) is 1.01. The lowest BCUT2D eigenvalue weighted by atomic mass is 9.81. The van der Waals surface area contributed by atoms with Crippen LogP contribution >= 0.6 is 0 Å². The van der Waals surface area contributed by atoms with Crippen LogP contribution in [-0.4, -0.2) is 39.9 Å². The lowest BCUT2D eigenvalue weighted by Crippen LogP contribution is -2.23. The minimum absolute atomic E-state index is 0.0129. The number of methoxy groups -OCH3 is 2.